The first kappa shape index (κ1) is 28.1. The molecule has 9 heteroatoms. The molecule has 0 heterocycles. The lowest BCUT2D eigenvalue weighted by atomic mass is 10.1. The number of amides is 2. The van der Waals surface area contributed by atoms with Crippen LogP contribution in [0.5, 0.6) is 0 Å². The highest BCUT2D eigenvalue weighted by Crippen LogP contribution is 2.29. The zero-order valence-electron chi connectivity index (χ0n) is 19.1. The summed E-state index contributed by atoms with van der Waals surface area (Å²) in [5.41, 5.74) is 1.08. The quantitative estimate of drug-likeness (QED) is 0.358. The average Bonchev–Trinajstić information content (AvgIpc) is 2.70. The van der Waals surface area contributed by atoms with E-state index in [0.29, 0.717) is 32.3 Å². The third kappa shape index (κ3) is 8.56. The van der Waals surface area contributed by atoms with Crippen molar-refractivity contribution < 1.29 is 9.59 Å². The minimum absolute atomic E-state index is 0.159. The Morgan fingerprint density at radius 1 is 1.03 bits per heavy atom. The van der Waals surface area contributed by atoms with Gasteiger partial charge < -0.3 is 10.2 Å². The SMILES string of the molecule is CC[C@H](C(=O)NC(C)(C)C)N(Cc1ccc(Cl)cc1Cl)C(=O)CSCc1c(Cl)cccc1Cl. The fourth-order valence-electron chi connectivity index (χ4n) is 3.20. The third-order valence-electron chi connectivity index (χ3n) is 4.77. The van der Waals surface area contributed by atoms with Gasteiger partial charge in [0.1, 0.15) is 6.04 Å². The zero-order valence-corrected chi connectivity index (χ0v) is 22.9. The van der Waals surface area contributed by atoms with Crippen molar-refractivity contribution in [1.82, 2.24) is 10.2 Å². The van der Waals surface area contributed by atoms with Crippen LogP contribution in [0.15, 0.2) is 36.4 Å². The lowest BCUT2D eigenvalue weighted by Gasteiger charge is -2.33. The van der Waals surface area contributed by atoms with Crippen LogP contribution in [-0.4, -0.2) is 34.0 Å². The molecule has 4 nitrogen and oxygen atoms in total. The molecule has 180 valence electrons. The normalized spacial score (nSPS) is 12.4. The van der Waals surface area contributed by atoms with Gasteiger partial charge in [0.15, 0.2) is 0 Å². The van der Waals surface area contributed by atoms with Gasteiger partial charge in [-0.3, -0.25) is 9.59 Å². The van der Waals surface area contributed by atoms with Crippen LogP contribution in [0, 0.1) is 0 Å². The molecule has 0 radical (unpaired) electrons. The maximum atomic E-state index is 13.3. The Hall–Kier alpha value is -1.11. The number of hydrogen-bond acceptors (Lipinski definition) is 3. The van der Waals surface area contributed by atoms with Gasteiger partial charge in [0.25, 0.3) is 0 Å². The first-order valence-corrected chi connectivity index (χ1v) is 13.2. The van der Waals surface area contributed by atoms with Crippen LogP contribution < -0.4 is 5.32 Å². The van der Waals surface area contributed by atoms with Gasteiger partial charge in [-0.2, -0.15) is 0 Å². The second-order valence-electron chi connectivity index (χ2n) is 8.61. The number of carbonyl (C=O) groups excluding carboxylic acids is 2. The zero-order chi connectivity index (χ0) is 24.8. The summed E-state index contributed by atoms with van der Waals surface area (Å²) in [7, 11) is 0. The second kappa shape index (κ2) is 12.6. The van der Waals surface area contributed by atoms with Crippen molar-refractivity contribution in [3.05, 3.63) is 67.6 Å². The molecule has 0 bridgehead atoms. The van der Waals surface area contributed by atoms with E-state index in [1.54, 1.807) is 41.3 Å². The lowest BCUT2D eigenvalue weighted by Crippen LogP contribution is -2.53. The molecule has 0 spiro atoms. The Bertz CT molecular complexity index is 975. The van der Waals surface area contributed by atoms with E-state index in [0.717, 1.165) is 11.1 Å². The van der Waals surface area contributed by atoms with Gasteiger partial charge in [-0.15, -0.1) is 11.8 Å². The predicted octanol–water partition coefficient (Wildman–Crippen LogP) is 7.26. The van der Waals surface area contributed by atoms with Crippen LogP contribution in [-0.2, 0) is 21.9 Å². The number of nitrogens with one attached hydrogen (secondary N) is 1. The third-order valence-corrected chi connectivity index (χ3v) is 7.01. The van der Waals surface area contributed by atoms with Gasteiger partial charge in [0.2, 0.25) is 11.8 Å². The van der Waals surface area contributed by atoms with Crippen molar-refractivity contribution in [1.29, 1.82) is 0 Å². The number of hydrogen-bond donors (Lipinski definition) is 1. The largest absolute Gasteiger partial charge is 0.350 e. The van der Waals surface area contributed by atoms with Crippen LogP contribution in [0.2, 0.25) is 20.1 Å². The van der Waals surface area contributed by atoms with Crippen LogP contribution in [0.4, 0.5) is 0 Å². The summed E-state index contributed by atoms with van der Waals surface area (Å²) in [4.78, 5) is 28.0. The molecule has 1 N–H and O–H groups in total. The fraction of sp³-hybridized carbons (Fsp3) is 0.417. The molecule has 2 amide bonds. The Balaban J connectivity index is 2.24. The predicted molar refractivity (Wildman–Crippen MR) is 142 cm³/mol. The maximum Gasteiger partial charge on any atom is 0.243 e. The van der Waals surface area contributed by atoms with Crippen molar-refractivity contribution in [2.24, 2.45) is 0 Å². The topological polar surface area (TPSA) is 49.4 Å². The summed E-state index contributed by atoms with van der Waals surface area (Å²) in [5, 5.41) is 5.05. The molecule has 2 rings (SSSR count). The highest BCUT2D eigenvalue weighted by Gasteiger charge is 2.31. The molecule has 0 saturated heterocycles. The van der Waals surface area contributed by atoms with E-state index in [2.05, 4.69) is 5.32 Å². The Kier molecular flexibility index (Phi) is 10.7. The fourth-order valence-corrected chi connectivity index (χ4v) is 5.31. The van der Waals surface area contributed by atoms with Crippen LogP contribution in [0.1, 0.15) is 45.2 Å². The van der Waals surface area contributed by atoms with Crippen LogP contribution in [0.25, 0.3) is 0 Å². The summed E-state index contributed by atoms with van der Waals surface area (Å²) in [6.45, 7) is 7.79. The van der Waals surface area contributed by atoms with E-state index >= 15 is 0 Å². The molecule has 0 unspecified atom stereocenters. The number of benzene rings is 2. The van der Waals surface area contributed by atoms with Gasteiger partial charge >= 0.3 is 0 Å². The monoisotopic (exact) mass is 548 g/mol. The summed E-state index contributed by atoms with van der Waals surface area (Å²) in [6.07, 6.45) is 0.458. The maximum absolute atomic E-state index is 13.3. The molecular formula is C24H28Cl4N2O2S. The lowest BCUT2D eigenvalue weighted by molar-refractivity contribution is -0.140. The number of rotatable bonds is 9. The minimum Gasteiger partial charge on any atom is -0.350 e. The van der Waals surface area contributed by atoms with Gasteiger partial charge in [0.05, 0.1) is 5.75 Å². The molecule has 0 aliphatic rings. The molecule has 2 aromatic carbocycles. The Morgan fingerprint density at radius 2 is 1.67 bits per heavy atom. The number of nitrogens with zero attached hydrogens (tertiary/aromatic N) is 1. The number of halogens is 4. The van der Waals surface area contributed by atoms with E-state index in [9.17, 15) is 9.59 Å². The summed E-state index contributed by atoms with van der Waals surface area (Å²) in [6, 6.07) is 9.79. The smallest absolute Gasteiger partial charge is 0.243 e. The molecular weight excluding hydrogens is 522 g/mol. The molecule has 1 atom stereocenters. The van der Waals surface area contributed by atoms with Crippen LogP contribution in [0.3, 0.4) is 0 Å². The van der Waals surface area contributed by atoms with E-state index in [4.69, 9.17) is 46.4 Å². The highest BCUT2D eigenvalue weighted by atomic mass is 35.5. The van der Waals surface area contributed by atoms with E-state index < -0.39 is 11.6 Å². The van der Waals surface area contributed by atoms with Gasteiger partial charge in [-0.1, -0.05) is 65.5 Å². The standard InChI is InChI=1S/C24H28Cl4N2O2S/c1-5-21(23(32)29-24(2,3)4)30(12-15-9-10-16(25)11-20(15)28)22(31)14-33-13-17-18(26)7-6-8-19(17)27/h6-11,21H,5,12-14H2,1-4H3,(H,29,32)/t21-/m1/s1. The van der Waals surface area contributed by atoms with E-state index in [1.807, 2.05) is 27.7 Å². The van der Waals surface area contributed by atoms with Crippen molar-refractivity contribution in [2.45, 2.75) is 58.0 Å². The van der Waals surface area contributed by atoms with Gasteiger partial charge in [-0.25, -0.2) is 0 Å². The molecule has 0 aliphatic carbocycles. The molecule has 2 aromatic rings. The number of thioether (sulfide) groups is 1. The molecule has 33 heavy (non-hydrogen) atoms. The van der Waals surface area contributed by atoms with Crippen molar-refractivity contribution in [3.63, 3.8) is 0 Å². The first-order chi connectivity index (χ1) is 15.4. The Labute approximate surface area is 220 Å². The minimum atomic E-state index is -0.645. The van der Waals surface area contributed by atoms with Crippen molar-refractivity contribution >= 4 is 70.0 Å². The summed E-state index contributed by atoms with van der Waals surface area (Å²) < 4.78 is 0. The average molecular weight is 550 g/mol. The number of carbonyl (C=O) groups is 2. The molecule has 0 aromatic heterocycles. The van der Waals surface area contributed by atoms with Crippen molar-refractivity contribution in [3.8, 4) is 0 Å². The van der Waals surface area contributed by atoms with Crippen molar-refractivity contribution in [2.75, 3.05) is 5.75 Å². The molecule has 0 fully saturated rings. The van der Waals surface area contributed by atoms with Crippen LogP contribution >= 0.6 is 58.2 Å². The molecule has 0 saturated carbocycles. The van der Waals surface area contributed by atoms with E-state index in [-0.39, 0.29) is 24.1 Å². The summed E-state index contributed by atoms with van der Waals surface area (Å²) >= 11 is 26.3. The summed E-state index contributed by atoms with van der Waals surface area (Å²) in [5.74, 6) is 0.254. The molecule has 0 aliphatic heterocycles. The second-order valence-corrected chi connectivity index (χ2v) is 11.3. The highest BCUT2D eigenvalue weighted by molar-refractivity contribution is 7.99. The van der Waals surface area contributed by atoms with Gasteiger partial charge in [-0.05, 0) is 62.6 Å². The van der Waals surface area contributed by atoms with E-state index in [1.165, 1.54) is 11.8 Å². The van der Waals surface area contributed by atoms with Gasteiger partial charge in [0, 0.05) is 37.9 Å². The first-order valence-electron chi connectivity index (χ1n) is 10.5. The Morgan fingerprint density at radius 3 is 2.21 bits per heavy atom.